The molecule has 0 aromatic heterocycles. The van der Waals surface area contributed by atoms with Gasteiger partial charge in [-0.2, -0.15) is 13.2 Å². The van der Waals surface area contributed by atoms with Crippen molar-refractivity contribution in [1.82, 2.24) is 0 Å². The van der Waals surface area contributed by atoms with E-state index in [9.17, 15) is 18.0 Å². The van der Waals surface area contributed by atoms with Crippen LogP contribution in [0.25, 0.3) is 0 Å². The van der Waals surface area contributed by atoms with Crippen LogP contribution in [0.3, 0.4) is 0 Å². The highest BCUT2D eigenvalue weighted by atomic mass is 19.4. The predicted octanol–water partition coefficient (Wildman–Crippen LogP) is 5.18. The lowest BCUT2D eigenvalue weighted by Gasteiger charge is -2.19. The van der Waals surface area contributed by atoms with Crippen LogP contribution in [0.15, 0.2) is 42.5 Å². The number of hydrogen-bond acceptors (Lipinski definition) is 1. The van der Waals surface area contributed by atoms with Crippen LogP contribution in [0.2, 0.25) is 0 Å². The summed E-state index contributed by atoms with van der Waals surface area (Å²) in [7, 11) is 0. The number of halogens is 3. The Labute approximate surface area is 138 Å². The lowest BCUT2D eigenvalue weighted by Crippen LogP contribution is -2.19. The third-order valence-electron chi connectivity index (χ3n) is 4.63. The number of fused-ring (bicyclic) bond motifs is 1. The molecule has 3 rings (SSSR count). The Morgan fingerprint density at radius 1 is 1.08 bits per heavy atom. The van der Waals surface area contributed by atoms with Gasteiger partial charge in [0.25, 0.3) is 5.91 Å². The van der Waals surface area contributed by atoms with E-state index in [1.54, 1.807) is 6.07 Å². The van der Waals surface area contributed by atoms with Crippen LogP contribution >= 0.6 is 0 Å². The zero-order valence-electron chi connectivity index (χ0n) is 13.5. The summed E-state index contributed by atoms with van der Waals surface area (Å²) in [6.45, 7) is 4.26. The quantitative estimate of drug-likeness (QED) is 0.806. The van der Waals surface area contributed by atoms with Gasteiger partial charge in [0.1, 0.15) is 0 Å². The first-order valence-corrected chi connectivity index (χ1v) is 7.80. The molecule has 1 N–H and O–H groups in total. The Morgan fingerprint density at radius 2 is 1.79 bits per heavy atom. The van der Waals surface area contributed by atoms with Crippen molar-refractivity contribution in [2.45, 2.75) is 38.3 Å². The molecule has 2 aromatic rings. The molecule has 2 aromatic carbocycles. The van der Waals surface area contributed by atoms with Gasteiger partial charge in [-0.05, 0) is 47.6 Å². The summed E-state index contributed by atoms with van der Waals surface area (Å²) in [6, 6.07) is 10.4. The standard InChI is InChI=1S/C19H18F3NO/c1-18(2)11-10-12-14(18)8-5-9-16(12)23-17(24)13-6-3-4-7-15(13)19(20,21)22/h3-9H,10-11H2,1-2H3,(H,23,24). The highest BCUT2D eigenvalue weighted by Gasteiger charge is 2.35. The smallest absolute Gasteiger partial charge is 0.322 e. The van der Waals surface area contributed by atoms with Gasteiger partial charge in [-0.3, -0.25) is 4.79 Å². The van der Waals surface area contributed by atoms with Crippen molar-refractivity contribution in [1.29, 1.82) is 0 Å². The van der Waals surface area contributed by atoms with E-state index in [0.29, 0.717) is 5.69 Å². The van der Waals surface area contributed by atoms with Gasteiger partial charge < -0.3 is 5.32 Å². The molecule has 0 unspecified atom stereocenters. The van der Waals surface area contributed by atoms with Gasteiger partial charge in [0.2, 0.25) is 0 Å². The van der Waals surface area contributed by atoms with Crippen molar-refractivity contribution in [3.05, 3.63) is 64.7 Å². The van der Waals surface area contributed by atoms with Gasteiger partial charge in [0.05, 0.1) is 11.1 Å². The Kier molecular flexibility index (Phi) is 3.90. The van der Waals surface area contributed by atoms with Gasteiger partial charge in [-0.1, -0.05) is 38.1 Å². The summed E-state index contributed by atoms with van der Waals surface area (Å²) in [4.78, 5) is 12.4. The van der Waals surface area contributed by atoms with Gasteiger partial charge in [0.15, 0.2) is 0 Å². The van der Waals surface area contributed by atoms with Crippen LogP contribution in [0.1, 0.15) is 47.3 Å². The SMILES string of the molecule is CC1(C)CCc2c(NC(=O)c3ccccc3C(F)(F)F)cccc21. The molecule has 0 spiro atoms. The molecule has 2 nitrogen and oxygen atoms in total. The van der Waals surface area contributed by atoms with Gasteiger partial charge in [-0.25, -0.2) is 0 Å². The average Bonchev–Trinajstić information content (AvgIpc) is 2.83. The summed E-state index contributed by atoms with van der Waals surface area (Å²) in [5.41, 5.74) is 1.49. The molecule has 0 fully saturated rings. The van der Waals surface area contributed by atoms with Crippen molar-refractivity contribution in [2.75, 3.05) is 5.32 Å². The molecule has 0 bridgehead atoms. The zero-order chi connectivity index (χ0) is 17.5. The predicted molar refractivity (Wildman–Crippen MR) is 87.2 cm³/mol. The third-order valence-corrected chi connectivity index (χ3v) is 4.63. The Hall–Kier alpha value is -2.30. The minimum absolute atomic E-state index is 0.0138. The molecule has 1 aliphatic rings. The number of carbonyl (C=O) groups is 1. The fraction of sp³-hybridized carbons (Fsp3) is 0.316. The van der Waals surface area contributed by atoms with Crippen LogP contribution in [-0.2, 0) is 18.0 Å². The largest absolute Gasteiger partial charge is 0.417 e. The van der Waals surface area contributed by atoms with Crippen LogP contribution in [-0.4, -0.2) is 5.91 Å². The molecule has 126 valence electrons. The first-order valence-electron chi connectivity index (χ1n) is 7.80. The molecule has 0 atom stereocenters. The van der Waals surface area contributed by atoms with E-state index in [1.165, 1.54) is 18.2 Å². The monoisotopic (exact) mass is 333 g/mol. The fourth-order valence-corrected chi connectivity index (χ4v) is 3.30. The second-order valence-electron chi connectivity index (χ2n) is 6.71. The maximum atomic E-state index is 13.1. The molecule has 24 heavy (non-hydrogen) atoms. The Bertz CT molecular complexity index is 793. The number of amides is 1. The number of anilines is 1. The fourth-order valence-electron chi connectivity index (χ4n) is 3.30. The van der Waals surface area contributed by atoms with Crippen LogP contribution in [0.5, 0.6) is 0 Å². The van der Waals surface area contributed by atoms with Gasteiger partial charge in [0, 0.05) is 5.69 Å². The highest BCUT2D eigenvalue weighted by Crippen LogP contribution is 2.41. The molecular weight excluding hydrogens is 315 g/mol. The first kappa shape index (κ1) is 16.6. The summed E-state index contributed by atoms with van der Waals surface area (Å²) < 4.78 is 39.3. The summed E-state index contributed by atoms with van der Waals surface area (Å²) in [5, 5.41) is 2.67. The van der Waals surface area contributed by atoms with E-state index < -0.39 is 17.6 Å². The van der Waals surface area contributed by atoms with E-state index in [-0.39, 0.29) is 11.0 Å². The van der Waals surface area contributed by atoms with Crippen LogP contribution in [0, 0.1) is 0 Å². The van der Waals surface area contributed by atoms with Crippen molar-refractivity contribution in [3.8, 4) is 0 Å². The normalized spacial score (nSPS) is 15.9. The van der Waals surface area contributed by atoms with Gasteiger partial charge in [-0.15, -0.1) is 0 Å². The molecule has 0 aliphatic heterocycles. The summed E-state index contributed by atoms with van der Waals surface area (Å²) in [6.07, 6.45) is -2.80. The molecule has 1 amide bonds. The van der Waals surface area contributed by atoms with Crippen LogP contribution < -0.4 is 5.32 Å². The summed E-state index contributed by atoms with van der Waals surface area (Å²) >= 11 is 0. The van der Waals surface area contributed by atoms with Crippen molar-refractivity contribution in [2.24, 2.45) is 0 Å². The topological polar surface area (TPSA) is 29.1 Å². The van der Waals surface area contributed by atoms with Crippen LogP contribution in [0.4, 0.5) is 18.9 Å². The van der Waals surface area contributed by atoms with Crippen molar-refractivity contribution < 1.29 is 18.0 Å². The second-order valence-corrected chi connectivity index (χ2v) is 6.71. The molecule has 0 radical (unpaired) electrons. The first-order chi connectivity index (χ1) is 11.2. The lowest BCUT2D eigenvalue weighted by atomic mass is 9.86. The second kappa shape index (κ2) is 5.65. The highest BCUT2D eigenvalue weighted by molar-refractivity contribution is 6.06. The van der Waals surface area contributed by atoms with E-state index in [4.69, 9.17) is 0 Å². The number of alkyl halides is 3. The molecule has 0 saturated carbocycles. The minimum Gasteiger partial charge on any atom is -0.322 e. The molecule has 0 heterocycles. The average molecular weight is 333 g/mol. The Balaban J connectivity index is 1.95. The van der Waals surface area contributed by atoms with Crippen molar-refractivity contribution in [3.63, 3.8) is 0 Å². The molecular formula is C19H18F3NO. The maximum Gasteiger partial charge on any atom is 0.417 e. The van der Waals surface area contributed by atoms with Gasteiger partial charge >= 0.3 is 6.18 Å². The number of nitrogens with one attached hydrogen (secondary N) is 1. The molecule has 1 aliphatic carbocycles. The van der Waals surface area contributed by atoms with E-state index >= 15 is 0 Å². The zero-order valence-corrected chi connectivity index (χ0v) is 13.5. The maximum absolute atomic E-state index is 13.1. The lowest BCUT2D eigenvalue weighted by molar-refractivity contribution is -0.137. The van der Waals surface area contributed by atoms with E-state index in [2.05, 4.69) is 19.2 Å². The molecule has 0 saturated heterocycles. The van der Waals surface area contributed by atoms with Crippen molar-refractivity contribution >= 4 is 11.6 Å². The number of rotatable bonds is 2. The number of carbonyl (C=O) groups excluding carboxylic acids is 1. The minimum atomic E-state index is -4.56. The third kappa shape index (κ3) is 2.90. The van der Waals surface area contributed by atoms with E-state index in [1.807, 2.05) is 12.1 Å². The van der Waals surface area contributed by atoms with E-state index in [0.717, 1.165) is 30.0 Å². The summed E-state index contributed by atoms with van der Waals surface area (Å²) in [5.74, 6) is -0.735. The number of hydrogen-bond donors (Lipinski definition) is 1. The number of benzene rings is 2. The molecule has 5 heteroatoms. The Morgan fingerprint density at radius 3 is 2.50 bits per heavy atom.